The van der Waals surface area contributed by atoms with Gasteiger partial charge in [0, 0.05) is 5.92 Å². The fourth-order valence-electron chi connectivity index (χ4n) is 1.36. The maximum Gasteiger partial charge on any atom is 0.326 e. The van der Waals surface area contributed by atoms with Crippen LogP contribution in [0.25, 0.3) is 0 Å². The van der Waals surface area contributed by atoms with Gasteiger partial charge in [0.25, 0.3) is 0 Å². The van der Waals surface area contributed by atoms with Gasteiger partial charge in [-0.05, 0) is 18.9 Å². The van der Waals surface area contributed by atoms with Gasteiger partial charge in [0.15, 0.2) is 0 Å². The second-order valence-electron chi connectivity index (χ2n) is 4.19. The summed E-state index contributed by atoms with van der Waals surface area (Å²) >= 11 is 0. The van der Waals surface area contributed by atoms with Crippen LogP contribution in [0.5, 0.6) is 0 Å². The lowest BCUT2D eigenvalue weighted by Gasteiger charge is -2.22. The number of amides is 1. The highest BCUT2D eigenvalue weighted by Gasteiger charge is 2.26. The van der Waals surface area contributed by atoms with E-state index in [1.54, 1.807) is 6.92 Å². The van der Waals surface area contributed by atoms with Gasteiger partial charge in [-0.25, -0.2) is 4.79 Å². The Morgan fingerprint density at radius 2 is 1.94 bits per heavy atom. The summed E-state index contributed by atoms with van der Waals surface area (Å²) in [4.78, 5) is 22.6. The van der Waals surface area contributed by atoms with Crippen LogP contribution < -0.4 is 11.1 Å². The molecule has 0 aliphatic carbocycles. The van der Waals surface area contributed by atoms with Crippen LogP contribution in [0.4, 0.5) is 0 Å². The van der Waals surface area contributed by atoms with E-state index in [0.717, 1.165) is 0 Å². The van der Waals surface area contributed by atoms with Crippen molar-refractivity contribution < 1.29 is 14.7 Å². The van der Waals surface area contributed by atoms with Crippen molar-refractivity contribution in [2.45, 2.75) is 39.7 Å². The van der Waals surface area contributed by atoms with Crippen LogP contribution in [-0.2, 0) is 9.59 Å². The van der Waals surface area contributed by atoms with E-state index >= 15 is 0 Å². The molecule has 0 radical (unpaired) electrons. The third-order valence-electron chi connectivity index (χ3n) is 2.82. The van der Waals surface area contributed by atoms with Gasteiger partial charge in [-0.3, -0.25) is 4.79 Å². The first kappa shape index (κ1) is 14.9. The summed E-state index contributed by atoms with van der Waals surface area (Å²) in [5, 5.41) is 11.6. The highest BCUT2D eigenvalue weighted by molar-refractivity contribution is 5.84. The Morgan fingerprint density at radius 1 is 1.38 bits per heavy atom. The molecule has 0 aromatic heterocycles. The predicted molar refractivity (Wildman–Crippen MR) is 61.9 cm³/mol. The van der Waals surface area contributed by atoms with Crippen molar-refractivity contribution in [1.82, 2.24) is 5.32 Å². The quantitative estimate of drug-likeness (QED) is 0.596. The van der Waals surface area contributed by atoms with Crippen LogP contribution in [0.15, 0.2) is 0 Å². The number of nitrogens with two attached hydrogens (primary N) is 1. The molecule has 0 saturated carbocycles. The molecule has 0 rings (SSSR count). The maximum absolute atomic E-state index is 11.6. The SMILES string of the molecule is CCC(C)[C@H](NC(=O)C(C)CCN)C(=O)O. The Bertz CT molecular complexity index is 243. The second-order valence-corrected chi connectivity index (χ2v) is 4.19. The summed E-state index contributed by atoms with van der Waals surface area (Å²) in [7, 11) is 0. The standard InChI is InChI=1S/C11H22N2O3/c1-4-7(2)9(11(15)16)13-10(14)8(3)5-6-12/h7-9H,4-6,12H2,1-3H3,(H,13,14)(H,15,16)/t7?,8?,9-/m0/s1. The number of rotatable bonds is 7. The van der Waals surface area contributed by atoms with Gasteiger partial charge in [-0.15, -0.1) is 0 Å². The van der Waals surface area contributed by atoms with Crippen LogP contribution in [0.2, 0.25) is 0 Å². The first-order valence-corrected chi connectivity index (χ1v) is 5.67. The lowest BCUT2D eigenvalue weighted by molar-refractivity contribution is -0.143. The minimum atomic E-state index is -0.984. The van der Waals surface area contributed by atoms with E-state index in [-0.39, 0.29) is 17.7 Å². The minimum Gasteiger partial charge on any atom is -0.480 e. The molecule has 1 amide bonds. The summed E-state index contributed by atoms with van der Waals surface area (Å²) in [6.45, 7) is 5.89. The normalized spacial score (nSPS) is 16.2. The van der Waals surface area contributed by atoms with Gasteiger partial charge in [0.2, 0.25) is 5.91 Å². The first-order valence-electron chi connectivity index (χ1n) is 5.67. The number of aliphatic carboxylic acids is 1. The third-order valence-corrected chi connectivity index (χ3v) is 2.82. The third kappa shape index (κ3) is 4.61. The van der Waals surface area contributed by atoms with Gasteiger partial charge >= 0.3 is 5.97 Å². The molecule has 5 heteroatoms. The molecule has 3 atom stereocenters. The van der Waals surface area contributed by atoms with E-state index in [4.69, 9.17) is 10.8 Å². The fourth-order valence-corrected chi connectivity index (χ4v) is 1.36. The molecule has 0 heterocycles. The lowest BCUT2D eigenvalue weighted by Crippen LogP contribution is -2.47. The molecule has 0 saturated heterocycles. The average Bonchev–Trinajstić information content (AvgIpc) is 2.24. The molecule has 0 aromatic rings. The summed E-state index contributed by atoms with van der Waals surface area (Å²) in [6, 6.07) is -0.808. The number of hydrogen-bond donors (Lipinski definition) is 3. The van der Waals surface area contributed by atoms with E-state index in [1.165, 1.54) is 0 Å². The molecule has 16 heavy (non-hydrogen) atoms. The highest BCUT2D eigenvalue weighted by atomic mass is 16.4. The highest BCUT2D eigenvalue weighted by Crippen LogP contribution is 2.09. The summed E-state index contributed by atoms with van der Waals surface area (Å²) in [5.41, 5.74) is 5.35. The summed E-state index contributed by atoms with van der Waals surface area (Å²) < 4.78 is 0. The van der Waals surface area contributed by atoms with E-state index in [1.807, 2.05) is 13.8 Å². The van der Waals surface area contributed by atoms with Gasteiger partial charge in [-0.1, -0.05) is 27.2 Å². The van der Waals surface area contributed by atoms with Crippen LogP contribution in [0.1, 0.15) is 33.6 Å². The fraction of sp³-hybridized carbons (Fsp3) is 0.818. The van der Waals surface area contributed by atoms with Crippen LogP contribution in [0.3, 0.4) is 0 Å². The van der Waals surface area contributed by atoms with Crippen molar-refractivity contribution >= 4 is 11.9 Å². The number of hydrogen-bond acceptors (Lipinski definition) is 3. The van der Waals surface area contributed by atoms with Gasteiger partial charge in [0.05, 0.1) is 0 Å². The Labute approximate surface area is 96.4 Å². The molecule has 5 nitrogen and oxygen atoms in total. The Morgan fingerprint density at radius 3 is 2.31 bits per heavy atom. The van der Waals surface area contributed by atoms with E-state index < -0.39 is 12.0 Å². The predicted octanol–water partition coefficient (Wildman–Crippen LogP) is 0.587. The molecule has 0 spiro atoms. The molecule has 94 valence electrons. The molecular formula is C11H22N2O3. The van der Waals surface area contributed by atoms with Gasteiger partial charge < -0.3 is 16.2 Å². The maximum atomic E-state index is 11.6. The van der Waals surface area contributed by atoms with Gasteiger partial charge in [0.1, 0.15) is 6.04 Å². The molecule has 0 aliphatic heterocycles. The van der Waals surface area contributed by atoms with E-state index in [2.05, 4.69) is 5.32 Å². The number of carboxylic acid groups (broad SMARTS) is 1. The zero-order chi connectivity index (χ0) is 12.7. The van der Waals surface area contributed by atoms with Crippen molar-refractivity contribution in [3.8, 4) is 0 Å². The average molecular weight is 230 g/mol. The molecule has 0 fully saturated rings. The van der Waals surface area contributed by atoms with Crippen molar-refractivity contribution in [2.75, 3.05) is 6.54 Å². The van der Waals surface area contributed by atoms with Crippen LogP contribution in [0, 0.1) is 11.8 Å². The first-order chi connectivity index (χ1) is 7.43. The van der Waals surface area contributed by atoms with Crippen molar-refractivity contribution in [1.29, 1.82) is 0 Å². The number of carbonyl (C=O) groups is 2. The Kier molecular flexibility index (Phi) is 6.72. The largest absolute Gasteiger partial charge is 0.480 e. The number of nitrogens with one attached hydrogen (secondary N) is 1. The molecule has 0 aromatic carbocycles. The Hall–Kier alpha value is -1.10. The summed E-state index contributed by atoms with van der Waals surface area (Å²) in [6.07, 6.45) is 1.28. The number of carboxylic acids is 1. The van der Waals surface area contributed by atoms with Crippen molar-refractivity contribution in [2.24, 2.45) is 17.6 Å². The second kappa shape index (κ2) is 7.22. The lowest BCUT2D eigenvalue weighted by atomic mass is 9.98. The molecule has 2 unspecified atom stereocenters. The zero-order valence-electron chi connectivity index (χ0n) is 10.2. The van der Waals surface area contributed by atoms with Crippen molar-refractivity contribution in [3.05, 3.63) is 0 Å². The zero-order valence-corrected chi connectivity index (χ0v) is 10.2. The van der Waals surface area contributed by atoms with Crippen molar-refractivity contribution in [3.63, 3.8) is 0 Å². The summed E-state index contributed by atoms with van der Waals surface area (Å²) in [5.74, 6) is -1.54. The Balaban J connectivity index is 4.40. The minimum absolute atomic E-state index is 0.0773. The van der Waals surface area contributed by atoms with E-state index in [0.29, 0.717) is 19.4 Å². The molecule has 0 bridgehead atoms. The molecular weight excluding hydrogens is 208 g/mol. The van der Waals surface area contributed by atoms with Crippen LogP contribution in [-0.4, -0.2) is 29.6 Å². The topological polar surface area (TPSA) is 92.4 Å². The molecule has 0 aliphatic rings. The monoisotopic (exact) mass is 230 g/mol. The molecule has 4 N–H and O–H groups in total. The van der Waals surface area contributed by atoms with E-state index in [9.17, 15) is 9.59 Å². The smallest absolute Gasteiger partial charge is 0.326 e. The van der Waals surface area contributed by atoms with Gasteiger partial charge in [-0.2, -0.15) is 0 Å². The van der Waals surface area contributed by atoms with Crippen LogP contribution >= 0.6 is 0 Å². The number of carbonyl (C=O) groups excluding carboxylic acids is 1.